The summed E-state index contributed by atoms with van der Waals surface area (Å²) in [7, 11) is 0. The van der Waals surface area contributed by atoms with E-state index in [0.29, 0.717) is 18.0 Å². The van der Waals surface area contributed by atoms with Gasteiger partial charge in [-0.25, -0.2) is 4.39 Å². The van der Waals surface area contributed by atoms with Gasteiger partial charge >= 0.3 is 0 Å². The van der Waals surface area contributed by atoms with Gasteiger partial charge in [0.2, 0.25) is 0 Å². The zero-order chi connectivity index (χ0) is 24.9. The highest BCUT2D eigenvalue weighted by atomic mass is 32.2. The number of para-hydroxylation sites is 2. The first-order valence-corrected chi connectivity index (χ1v) is 12.7. The lowest BCUT2D eigenvalue weighted by Crippen LogP contribution is -2.29. The maximum atomic E-state index is 13.9. The van der Waals surface area contributed by atoms with Crippen LogP contribution in [0.2, 0.25) is 0 Å². The minimum Gasteiger partial charge on any atom is -0.489 e. The van der Waals surface area contributed by atoms with E-state index >= 15 is 0 Å². The van der Waals surface area contributed by atoms with Crippen LogP contribution in [0.4, 0.5) is 9.18 Å². The van der Waals surface area contributed by atoms with E-state index in [-0.39, 0.29) is 23.5 Å². The maximum absolute atomic E-state index is 13.9. The van der Waals surface area contributed by atoms with Crippen molar-refractivity contribution in [1.29, 1.82) is 0 Å². The molecule has 1 fully saturated rings. The van der Waals surface area contributed by atoms with Crippen LogP contribution in [0.3, 0.4) is 0 Å². The van der Waals surface area contributed by atoms with Gasteiger partial charge in [-0.3, -0.25) is 14.5 Å². The van der Waals surface area contributed by atoms with Crippen LogP contribution in [0, 0.1) is 5.82 Å². The predicted molar refractivity (Wildman–Crippen MR) is 141 cm³/mol. The third kappa shape index (κ3) is 5.21. The third-order valence-electron chi connectivity index (χ3n) is 6.10. The Hall–Kier alpha value is -3.84. The highest BCUT2D eigenvalue weighted by molar-refractivity contribution is 8.18. The van der Waals surface area contributed by atoms with Crippen molar-refractivity contribution in [2.24, 2.45) is 0 Å². The number of thioether (sulfide) groups is 1. The Morgan fingerprint density at radius 3 is 2.47 bits per heavy atom. The van der Waals surface area contributed by atoms with Crippen molar-refractivity contribution in [3.63, 3.8) is 0 Å². The van der Waals surface area contributed by atoms with Gasteiger partial charge < -0.3 is 9.30 Å². The zero-order valence-corrected chi connectivity index (χ0v) is 20.4. The summed E-state index contributed by atoms with van der Waals surface area (Å²) in [5.41, 5.74) is 3.01. The molecule has 182 valence electrons. The van der Waals surface area contributed by atoms with Gasteiger partial charge in [0.25, 0.3) is 11.1 Å². The smallest absolute Gasteiger partial charge is 0.293 e. The van der Waals surface area contributed by atoms with Crippen LogP contribution in [0.1, 0.15) is 17.5 Å². The summed E-state index contributed by atoms with van der Waals surface area (Å²) in [5.74, 6) is -0.428. The summed E-state index contributed by atoms with van der Waals surface area (Å²) in [4.78, 5) is 27.4. The summed E-state index contributed by atoms with van der Waals surface area (Å²) >= 11 is 0.980. The Bertz CT molecular complexity index is 1430. The van der Waals surface area contributed by atoms with Crippen LogP contribution >= 0.6 is 11.8 Å². The molecule has 0 saturated carbocycles. The van der Waals surface area contributed by atoms with Crippen molar-refractivity contribution >= 4 is 39.9 Å². The molecule has 1 aromatic heterocycles. The number of carbonyl (C=O) groups excluding carboxylic acids is 2. The first-order chi connectivity index (χ1) is 17.6. The number of hydrogen-bond donors (Lipinski definition) is 0. The van der Waals surface area contributed by atoms with Gasteiger partial charge in [0.05, 0.1) is 11.4 Å². The number of rotatable bonds is 9. The molecule has 5 nitrogen and oxygen atoms in total. The van der Waals surface area contributed by atoms with E-state index in [4.69, 9.17) is 4.74 Å². The standard InChI is InChI=1S/C29H25FN2O3S/c30-24-13-5-7-15-26(24)35-18-17-31-20-22(23-12-4-6-14-25(23)31)19-27-28(33)32(29(34)36-27)16-8-11-21-9-2-1-3-10-21/h1-7,9-10,12-15,19-20H,8,11,16-18H2/b27-19-. The molecule has 0 aliphatic carbocycles. The lowest BCUT2D eigenvalue weighted by Gasteiger charge is -2.12. The molecular weight excluding hydrogens is 475 g/mol. The number of ether oxygens (including phenoxy) is 1. The second-order valence-corrected chi connectivity index (χ2v) is 9.49. The third-order valence-corrected chi connectivity index (χ3v) is 7.00. The molecule has 0 N–H and O–H groups in total. The molecule has 3 aromatic carbocycles. The van der Waals surface area contributed by atoms with Gasteiger partial charge in [0.15, 0.2) is 11.6 Å². The van der Waals surface area contributed by atoms with Gasteiger partial charge in [-0.15, -0.1) is 0 Å². The first kappa shape index (κ1) is 23.9. The lowest BCUT2D eigenvalue weighted by molar-refractivity contribution is -0.122. The molecule has 36 heavy (non-hydrogen) atoms. The van der Waals surface area contributed by atoms with Crippen molar-refractivity contribution in [1.82, 2.24) is 9.47 Å². The number of imide groups is 1. The Morgan fingerprint density at radius 2 is 1.64 bits per heavy atom. The van der Waals surface area contributed by atoms with E-state index in [0.717, 1.165) is 41.1 Å². The van der Waals surface area contributed by atoms with Crippen LogP contribution in [0.15, 0.2) is 90.0 Å². The topological polar surface area (TPSA) is 51.5 Å². The quantitative estimate of drug-likeness (QED) is 0.245. The Kier molecular flexibility index (Phi) is 7.18. The molecule has 0 bridgehead atoms. The van der Waals surface area contributed by atoms with E-state index in [2.05, 4.69) is 0 Å². The molecule has 2 heterocycles. The summed E-state index contributed by atoms with van der Waals surface area (Å²) in [6, 6.07) is 24.2. The number of halogens is 1. The minimum atomic E-state index is -0.393. The van der Waals surface area contributed by atoms with Crippen LogP contribution in [-0.4, -0.2) is 33.8 Å². The molecular formula is C29H25FN2O3S. The van der Waals surface area contributed by atoms with Crippen molar-refractivity contribution in [3.05, 3.63) is 107 Å². The molecule has 2 amide bonds. The average Bonchev–Trinajstić information content (AvgIpc) is 3.37. The minimum absolute atomic E-state index is 0.218. The first-order valence-electron chi connectivity index (χ1n) is 11.8. The fourth-order valence-corrected chi connectivity index (χ4v) is 5.17. The molecule has 0 radical (unpaired) electrons. The van der Waals surface area contributed by atoms with E-state index in [1.54, 1.807) is 24.3 Å². The number of amides is 2. The highest BCUT2D eigenvalue weighted by Crippen LogP contribution is 2.34. The molecule has 7 heteroatoms. The van der Waals surface area contributed by atoms with Gasteiger partial charge in [0, 0.05) is 29.2 Å². The Morgan fingerprint density at radius 1 is 0.889 bits per heavy atom. The van der Waals surface area contributed by atoms with Crippen LogP contribution in [0.25, 0.3) is 17.0 Å². The number of fused-ring (bicyclic) bond motifs is 1. The fourth-order valence-electron chi connectivity index (χ4n) is 4.31. The highest BCUT2D eigenvalue weighted by Gasteiger charge is 2.34. The monoisotopic (exact) mass is 500 g/mol. The van der Waals surface area contributed by atoms with Gasteiger partial charge in [-0.2, -0.15) is 0 Å². The number of aromatic nitrogens is 1. The van der Waals surface area contributed by atoms with Gasteiger partial charge in [-0.05, 0) is 54.4 Å². The second kappa shape index (κ2) is 10.8. The zero-order valence-electron chi connectivity index (χ0n) is 19.6. The van der Waals surface area contributed by atoms with Crippen molar-refractivity contribution in [3.8, 4) is 5.75 Å². The van der Waals surface area contributed by atoms with Gasteiger partial charge in [0.1, 0.15) is 6.61 Å². The number of nitrogens with zero attached hydrogens (tertiary/aromatic N) is 2. The largest absolute Gasteiger partial charge is 0.489 e. The second-order valence-electron chi connectivity index (χ2n) is 8.50. The Labute approximate surface area is 213 Å². The summed E-state index contributed by atoms with van der Waals surface area (Å²) < 4.78 is 21.5. The Balaban J connectivity index is 1.29. The molecule has 1 aliphatic rings. The normalized spacial score (nSPS) is 14.8. The number of carbonyl (C=O) groups is 2. The van der Waals surface area contributed by atoms with Gasteiger partial charge in [-0.1, -0.05) is 60.7 Å². The fraction of sp³-hybridized carbons (Fsp3) is 0.172. The molecule has 5 rings (SSSR count). The molecule has 1 saturated heterocycles. The molecule has 0 unspecified atom stereocenters. The van der Waals surface area contributed by atoms with E-state index < -0.39 is 5.82 Å². The predicted octanol–water partition coefficient (Wildman–Crippen LogP) is 6.53. The van der Waals surface area contributed by atoms with E-state index in [9.17, 15) is 14.0 Å². The van der Waals surface area contributed by atoms with Crippen LogP contribution < -0.4 is 4.74 Å². The number of hydrogen-bond acceptors (Lipinski definition) is 4. The maximum Gasteiger partial charge on any atom is 0.293 e. The SMILES string of the molecule is O=C1S/C(=C\c2cn(CCOc3ccccc3F)c3ccccc23)C(=O)N1CCCc1ccccc1. The van der Waals surface area contributed by atoms with Crippen molar-refractivity contribution < 1.29 is 18.7 Å². The summed E-state index contributed by atoms with van der Waals surface area (Å²) in [6.07, 6.45) is 5.26. The van der Waals surface area contributed by atoms with Crippen LogP contribution in [0.5, 0.6) is 5.75 Å². The van der Waals surface area contributed by atoms with E-state index in [1.807, 2.05) is 65.4 Å². The van der Waals surface area contributed by atoms with Crippen LogP contribution in [-0.2, 0) is 17.8 Å². The number of benzene rings is 3. The average molecular weight is 501 g/mol. The molecule has 0 spiro atoms. The summed E-state index contributed by atoms with van der Waals surface area (Å²) in [6.45, 7) is 1.19. The molecule has 0 atom stereocenters. The van der Waals surface area contributed by atoms with Crippen molar-refractivity contribution in [2.45, 2.75) is 19.4 Å². The van der Waals surface area contributed by atoms with E-state index in [1.165, 1.54) is 16.5 Å². The molecule has 1 aliphatic heterocycles. The lowest BCUT2D eigenvalue weighted by atomic mass is 10.1. The summed E-state index contributed by atoms with van der Waals surface area (Å²) in [5, 5.41) is 0.737. The molecule has 4 aromatic rings. The van der Waals surface area contributed by atoms with Crippen molar-refractivity contribution in [2.75, 3.05) is 13.2 Å². The number of aryl methyl sites for hydroxylation is 1.